The predicted octanol–water partition coefficient (Wildman–Crippen LogP) is 4.64. The van der Waals surface area contributed by atoms with E-state index in [1.165, 1.54) is 18.4 Å². The molecular formula is C29H23ClN2O4S. The van der Waals surface area contributed by atoms with Crippen LogP contribution in [0.1, 0.15) is 29.7 Å². The summed E-state index contributed by atoms with van der Waals surface area (Å²) in [6.45, 7) is 2.09. The lowest BCUT2D eigenvalue weighted by Gasteiger charge is -2.24. The molecule has 1 aromatic heterocycles. The van der Waals surface area contributed by atoms with Crippen molar-refractivity contribution in [2.45, 2.75) is 19.6 Å². The van der Waals surface area contributed by atoms with Crippen LogP contribution in [0, 0.1) is 0 Å². The molecule has 0 aliphatic carbocycles. The molecule has 2 heterocycles. The molecule has 8 heteroatoms. The standard InChI is InChI=1S/C29H23ClN2O4S/c1-18-25(28(34)35-2)26(20-10-4-3-5-11-20)32-27(33)24(37-29(32)31-18)16-19-9-8-13-22(15-19)36-17-21-12-6-7-14-23(21)30/h3-16,26H,17H2,1-2H3/b24-16-/t26-/m1/s1. The fraction of sp³-hybridized carbons (Fsp3) is 0.138. The van der Waals surface area contributed by atoms with Crippen LogP contribution in [0.4, 0.5) is 0 Å². The summed E-state index contributed by atoms with van der Waals surface area (Å²) < 4.78 is 13.1. The van der Waals surface area contributed by atoms with Crippen molar-refractivity contribution in [3.63, 3.8) is 0 Å². The van der Waals surface area contributed by atoms with E-state index in [0.29, 0.717) is 38.0 Å². The van der Waals surface area contributed by atoms with Gasteiger partial charge in [0.15, 0.2) is 4.80 Å². The van der Waals surface area contributed by atoms with Crippen LogP contribution in [-0.2, 0) is 16.1 Å². The van der Waals surface area contributed by atoms with Gasteiger partial charge in [-0.2, -0.15) is 0 Å². The highest BCUT2D eigenvalue weighted by atomic mass is 35.5. The number of benzene rings is 3. The number of thiazole rings is 1. The molecule has 0 radical (unpaired) electrons. The zero-order valence-electron chi connectivity index (χ0n) is 20.2. The largest absolute Gasteiger partial charge is 0.489 e. The van der Waals surface area contributed by atoms with Crippen LogP contribution in [0.25, 0.3) is 6.08 Å². The lowest BCUT2D eigenvalue weighted by Crippen LogP contribution is -2.39. The van der Waals surface area contributed by atoms with Crippen molar-refractivity contribution < 1.29 is 14.3 Å². The zero-order chi connectivity index (χ0) is 25.9. The van der Waals surface area contributed by atoms with Gasteiger partial charge in [-0.15, -0.1) is 0 Å². The minimum absolute atomic E-state index is 0.228. The first-order valence-corrected chi connectivity index (χ1v) is 12.8. The lowest BCUT2D eigenvalue weighted by molar-refractivity contribution is -0.136. The Balaban J connectivity index is 1.54. The van der Waals surface area contributed by atoms with Gasteiger partial charge in [0, 0.05) is 10.6 Å². The molecule has 0 N–H and O–H groups in total. The monoisotopic (exact) mass is 530 g/mol. The van der Waals surface area contributed by atoms with E-state index < -0.39 is 12.0 Å². The van der Waals surface area contributed by atoms with Gasteiger partial charge in [0.2, 0.25) is 0 Å². The molecule has 37 heavy (non-hydrogen) atoms. The second-order valence-corrected chi connectivity index (χ2v) is 9.85. The number of halogens is 1. The number of hydrogen-bond donors (Lipinski definition) is 0. The zero-order valence-corrected chi connectivity index (χ0v) is 21.8. The molecule has 0 saturated carbocycles. The van der Waals surface area contributed by atoms with Crippen LogP contribution in [0.2, 0.25) is 5.02 Å². The molecule has 0 amide bonds. The number of allylic oxidation sites excluding steroid dienone is 1. The predicted molar refractivity (Wildman–Crippen MR) is 144 cm³/mol. The van der Waals surface area contributed by atoms with Gasteiger partial charge in [0.05, 0.1) is 29.0 Å². The summed E-state index contributed by atoms with van der Waals surface area (Å²) in [7, 11) is 1.33. The van der Waals surface area contributed by atoms with Crippen molar-refractivity contribution in [2.75, 3.05) is 7.11 Å². The van der Waals surface area contributed by atoms with Crippen molar-refractivity contribution in [3.05, 3.63) is 132 Å². The first-order valence-electron chi connectivity index (χ1n) is 11.6. The second-order valence-electron chi connectivity index (χ2n) is 8.44. The van der Waals surface area contributed by atoms with Gasteiger partial charge in [0.25, 0.3) is 5.56 Å². The van der Waals surface area contributed by atoms with E-state index in [4.69, 9.17) is 21.1 Å². The van der Waals surface area contributed by atoms with Gasteiger partial charge in [-0.3, -0.25) is 9.36 Å². The third kappa shape index (κ3) is 5.01. The number of hydrogen-bond acceptors (Lipinski definition) is 6. The van der Waals surface area contributed by atoms with Crippen molar-refractivity contribution in [2.24, 2.45) is 4.99 Å². The maximum Gasteiger partial charge on any atom is 0.338 e. The van der Waals surface area contributed by atoms with E-state index in [1.807, 2.05) is 84.9 Å². The molecule has 5 rings (SSSR count). The summed E-state index contributed by atoms with van der Waals surface area (Å²) >= 11 is 7.52. The van der Waals surface area contributed by atoms with Gasteiger partial charge in [0.1, 0.15) is 12.4 Å². The summed E-state index contributed by atoms with van der Waals surface area (Å²) in [5, 5.41) is 0.648. The van der Waals surface area contributed by atoms with E-state index in [2.05, 4.69) is 4.99 Å². The summed E-state index contributed by atoms with van der Waals surface area (Å²) in [5.74, 6) is 0.153. The number of nitrogens with zero attached hydrogens (tertiary/aromatic N) is 2. The minimum Gasteiger partial charge on any atom is -0.489 e. The lowest BCUT2D eigenvalue weighted by atomic mass is 9.96. The van der Waals surface area contributed by atoms with E-state index in [0.717, 1.165) is 16.7 Å². The smallest absolute Gasteiger partial charge is 0.338 e. The number of rotatable bonds is 6. The third-order valence-electron chi connectivity index (χ3n) is 6.05. The van der Waals surface area contributed by atoms with Crippen molar-refractivity contribution in [3.8, 4) is 5.75 Å². The molecule has 3 aromatic carbocycles. The van der Waals surface area contributed by atoms with E-state index >= 15 is 0 Å². The molecule has 1 aliphatic heterocycles. The van der Waals surface area contributed by atoms with Crippen molar-refractivity contribution in [1.82, 2.24) is 4.57 Å². The van der Waals surface area contributed by atoms with Crippen LogP contribution in [0.3, 0.4) is 0 Å². The average Bonchev–Trinajstić information content (AvgIpc) is 3.21. The number of carbonyl (C=O) groups excluding carboxylic acids is 1. The van der Waals surface area contributed by atoms with Crippen molar-refractivity contribution >= 4 is 35.0 Å². The molecule has 0 fully saturated rings. The third-order valence-corrected chi connectivity index (χ3v) is 7.40. The highest BCUT2D eigenvalue weighted by Crippen LogP contribution is 2.30. The number of esters is 1. The summed E-state index contributed by atoms with van der Waals surface area (Å²) in [5.41, 5.74) is 3.16. The van der Waals surface area contributed by atoms with Gasteiger partial charge in [-0.1, -0.05) is 83.6 Å². The first kappa shape index (κ1) is 24.7. The minimum atomic E-state index is -0.627. The summed E-state index contributed by atoms with van der Waals surface area (Å²) in [6.07, 6.45) is 1.81. The van der Waals surface area contributed by atoms with Crippen LogP contribution in [0.5, 0.6) is 5.75 Å². The van der Waals surface area contributed by atoms with Crippen LogP contribution >= 0.6 is 22.9 Å². The molecule has 1 atom stereocenters. The molecule has 0 spiro atoms. The topological polar surface area (TPSA) is 69.9 Å². The van der Waals surface area contributed by atoms with Gasteiger partial charge in [-0.25, -0.2) is 9.79 Å². The Hall–Kier alpha value is -3.94. The molecule has 0 unspecified atom stereocenters. The molecule has 0 bridgehead atoms. The Bertz CT molecular complexity index is 1690. The van der Waals surface area contributed by atoms with Crippen LogP contribution in [-0.4, -0.2) is 17.6 Å². The molecular weight excluding hydrogens is 508 g/mol. The SMILES string of the molecule is COC(=O)C1=C(C)N=c2s/c(=C\c3cccc(OCc4ccccc4Cl)c3)c(=O)n2[C@@H]1c1ccccc1. The number of methoxy groups -OCH3 is 1. The fourth-order valence-corrected chi connectivity index (χ4v) is 5.50. The Labute approximate surface area is 222 Å². The first-order chi connectivity index (χ1) is 18.0. The molecule has 6 nitrogen and oxygen atoms in total. The van der Waals surface area contributed by atoms with Gasteiger partial charge in [-0.05, 0) is 42.3 Å². The second kappa shape index (κ2) is 10.6. The van der Waals surface area contributed by atoms with Gasteiger partial charge < -0.3 is 9.47 Å². The van der Waals surface area contributed by atoms with Crippen LogP contribution in [0.15, 0.2) is 99.9 Å². The van der Waals surface area contributed by atoms with Crippen molar-refractivity contribution in [1.29, 1.82) is 0 Å². The number of fused-ring (bicyclic) bond motifs is 1. The Morgan fingerprint density at radius 2 is 1.84 bits per heavy atom. The summed E-state index contributed by atoms with van der Waals surface area (Å²) in [6, 6.07) is 23.8. The van der Waals surface area contributed by atoms with E-state index in [9.17, 15) is 9.59 Å². The molecule has 0 saturated heterocycles. The van der Waals surface area contributed by atoms with E-state index in [1.54, 1.807) is 11.5 Å². The maximum atomic E-state index is 13.7. The number of aromatic nitrogens is 1. The normalized spacial score (nSPS) is 15.2. The Kier molecular flexibility index (Phi) is 7.08. The van der Waals surface area contributed by atoms with Gasteiger partial charge >= 0.3 is 5.97 Å². The van der Waals surface area contributed by atoms with E-state index in [-0.39, 0.29) is 5.56 Å². The van der Waals surface area contributed by atoms with Crippen LogP contribution < -0.4 is 19.6 Å². The fourth-order valence-electron chi connectivity index (χ4n) is 4.27. The summed E-state index contributed by atoms with van der Waals surface area (Å²) in [4.78, 5) is 31.5. The Morgan fingerprint density at radius 3 is 2.59 bits per heavy atom. The maximum absolute atomic E-state index is 13.7. The Morgan fingerprint density at radius 1 is 1.08 bits per heavy atom. The highest BCUT2D eigenvalue weighted by molar-refractivity contribution is 7.07. The average molecular weight is 531 g/mol. The number of carbonyl (C=O) groups is 1. The highest BCUT2D eigenvalue weighted by Gasteiger charge is 2.32. The molecule has 1 aliphatic rings. The quantitative estimate of drug-likeness (QED) is 0.341. The molecule has 186 valence electrons. The molecule has 4 aromatic rings. The number of ether oxygens (including phenoxy) is 2.